The standard InChI is InChI=1S/C16H13ClO/c1-11-8-9-12-5-2-3-6-13(12)15(11)16(17)14-7-4-10-18-14/h2-10,16H,1H3. The van der Waals surface area contributed by atoms with Crippen LogP contribution in [0.3, 0.4) is 0 Å². The van der Waals surface area contributed by atoms with E-state index in [9.17, 15) is 0 Å². The van der Waals surface area contributed by atoms with Gasteiger partial charge in [0, 0.05) is 0 Å². The van der Waals surface area contributed by atoms with Crippen LogP contribution >= 0.6 is 11.6 Å². The number of rotatable bonds is 2. The number of halogens is 1. The average Bonchev–Trinajstić information content (AvgIpc) is 2.92. The van der Waals surface area contributed by atoms with Crippen molar-refractivity contribution in [1.29, 1.82) is 0 Å². The molecule has 3 rings (SSSR count). The third kappa shape index (κ3) is 1.81. The van der Waals surface area contributed by atoms with Gasteiger partial charge in [0.05, 0.1) is 6.26 Å². The van der Waals surface area contributed by atoms with Crippen molar-refractivity contribution in [3.05, 3.63) is 71.7 Å². The highest BCUT2D eigenvalue weighted by Crippen LogP contribution is 2.36. The van der Waals surface area contributed by atoms with Gasteiger partial charge in [-0.1, -0.05) is 36.4 Å². The highest BCUT2D eigenvalue weighted by atomic mass is 35.5. The van der Waals surface area contributed by atoms with Crippen LogP contribution in [-0.4, -0.2) is 0 Å². The van der Waals surface area contributed by atoms with Crippen molar-refractivity contribution in [2.24, 2.45) is 0 Å². The van der Waals surface area contributed by atoms with Crippen LogP contribution in [0.4, 0.5) is 0 Å². The maximum Gasteiger partial charge on any atom is 0.126 e. The molecule has 1 heterocycles. The predicted molar refractivity (Wildman–Crippen MR) is 75.1 cm³/mol. The van der Waals surface area contributed by atoms with Gasteiger partial charge in [-0.2, -0.15) is 0 Å². The smallest absolute Gasteiger partial charge is 0.126 e. The van der Waals surface area contributed by atoms with Gasteiger partial charge in [-0.3, -0.25) is 0 Å². The summed E-state index contributed by atoms with van der Waals surface area (Å²) in [6, 6.07) is 16.3. The minimum atomic E-state index is -0.244. The van der Waals surface area contributed by atoms with E-state index in [1.807, 2.05) is 24.3 Å². The van der Waals surface area contributed by atoms with Crippen LogP contribution in [0.15, 0.2) is 59.2 Å². The van der Waals surface area contributed by atoms with Gasteiger partial charge < -0.3 is 4.42 Å². The molecule has 3 aromatic rings. The zero-order valence-electron chi connectivity index (χ0n) is 10.1. The van der Waals surface area contributed by atoms with Gasteiger partial charge in [0.1, 0.15) is 11.1 Å². The molecule has 1 aromatic heterocycles. The Morgan fingerprint density at radius 1 is 1.00 bits per heavy atom. The van der Waals surface area contributed by atoms with Crippen molar-refractivity contribution in [1.82, 2.24) is 0 Å². The molecule has 1 unspecified atom stereocenters. The normalized spacial score (nSPS) is 12.8. The van der Waals surface area contributed by atoms with Crippen LogP contribution in [0.5, 0.6) is 0 Å². The largest absolute Gasteiger partial charge is 0.467 e. The Labute approximate surface area is 111 Å². The Morgan fingerprint density at radius 2 is 1.83 bits per heavy atom. The van der Waals surface area contributed by atoms with Crippen LogP contribution in [0.25, 0.3) is 10.8 Å². The molecule has 0 spiro atoms. The van der Waals surface area contributed by atoms with Crippen LogP contribution in [0, 0.1) is 6.92 Å². The van der Waals surface area contributed by atoms with E-state index in [-0.39, 0.29) is 5.38 Å². The molecular formula is C16H13ClO. The van der Waals surface area contributed by atoms with Gasteiger partial charge in [0.25, 0.3) is 0 Å². The lowest BCUT2D eigenvalue weighted by Crippen LogP contribution is -1.96. The lowest BCUT2D eigenvalue weighted by atomic mass is 9.96. The first-order chi connectivity index (χ1) is 8.77. The topological polar surface area (TPSA) is 13.1 Å². The number of furan rings is 1. The Bertz CT molecular complexity index is 671. The van der Waals surface area contributed by atoms with Gasteiger partial charge in [0.2, 0.25) is 0 Å². The highest BCUT2D eigenvalue weighted by molar-refractivity contribution is 6.23. The summed E-state index contributed by atoms with van der Waals surface area (Å²) >= 11 is 6.56. The quantitative estimate of drug-likeness (QED) is 0.584. The predicted octanol–water partition coefficient (Wildman–Crippen LogP) is 5.07. The van der Waals surface area contributed by atoms with Crippen molar-refractivity contribution in [3.8, 4) is 0 Å². The second kappa shape index (κ2) is 4.51. The molecule has 2 heteroatoms. The first-order valence-corrected chi connectivity index (χ1v) is 6.37. The van der Waals surface area contributed by atoms with Crippen molar-refractivity contribution in [2.75, 3.05) is 0 Å². The Morgan fingerprint density at radius 3 is 2.61 bits per heavy atom. The Kier molecular flexibility index (Phi) is 2.85. The van der Waals surface area contributed by atoms with Gasteiger partial charge in [-0.25, -0.2) is 0 Å². The van der Waals surface area contributed by atoms with E-state index in [4.69, 9.17) is 16.0 Å². The van der Waals surface area contributed by atoms with Crippen LogP contribution in [-0.2, 0) is 0 Å². The molecule has 0 N–H and O–H groups in total. The Hall–Kier alpha value is -1.73. The number of benzene rings is 2. The minimum absolute atomic E-state index is 0.244. The summed E-state index contributed by atoms with van der Waals surface area (Å²) in [5, 5.41) is 2.15. The maximum absolute atomic E-state index is 6.56. The third-order valence-corrected chi connectivity index (χ3v) is 3.67. The average molecular weight is 257 g/mol. The van der Waals surface area contributed by atoms with Gasteiger partial charge in [-0.15, -0.1) is 11.6 Å². The third-order valence-electron chi connectivity index (χ3n) is 3.24. The zero-order valence-corrected chi connectivity index (χ0v) is 10.8. The molecule has 90 valence electrons. The molecule has 0 fully saturated rings. The van der Waals surface area contributed by atoms with Crippen molar-refractivity contribution < 1.29 is 4.42 Å². The van der Waals surface area contributed by atoms with Gasteiger partial charge in [-0.05, 0) is 41.0 Å². The monoisotopic (exact) mass is 256 g/mol. The molecule has 0 amide bonds. The van der Waals surface area contributed by atoms with Crippen LogP contribution in [0.1, 0.15) is 22.3 Å². The molecule has 0 aliphatic carbocycles. The molecule has 0 saturated heterocycles. The zero-order chi connectivity index (χ0) is 12.5. The molecule has 0 aliphatic heterocycles. The maximum atomic E-state index is 6.56. The van der Waals surface area contributed by atoms with Crippen molar-refractivity contribution in [2.45, 2.75) is 12.3 Å². The summed E-state index contributed by atoms with van der Waals surface area (Å²) in [4.78, 5) is 0. The van der Waals surface area contributed by atoms with E-state index in [2.05, 4.69) is 31.2 Å². The number of fused-ring (bicyclic) bond motifs is 1. The molecule has 1 atom stereocenters. The summed E-state index contributed by atoms with van der Waals surface area (Å²) in [7, 11) is 0. The fourth-order valence-corrected chi connectivity index (χ4v) is 2.73. The second-order valence-corrected chi connectivity index (χ2v) is 4.83. The molecule has 18 heavy (non-hydrogen) atoms. The fraction of sp³-hybridized carbons (Fsp3) is 0.125. The van der Waals surface area contributed by atoms with E-state index in [1.54, 1.807) is 6.26 Å². The number of hydrogen-bond acceptors (Lipinski definition) is 1. The summed E-state index contributed by atoms with van der Waals surface area (Å²) in [5.41, 5.74) is 2.31. The first-order valence-electron chi connectivity index (χ1n) is 5.93. The molecular weight excluding hydrogens is 244 g/mol. The van der Waals surface area contributed by atoms with Crippen LogP contribution in [0.2, 0.25) is 0 Å². The molecule has 0 saturated carbocycles. The molecule has 0 radical (unpaired) electrons. The Balaban J connectivity index is 2.24. The second-order valence-electron chi connectivity index (χ2n) is 4.40. The number of hydrogen-bond donors (Lipinski definition) is 0. The molecule has 0 aliphatic rings. The minimum Gasteiger partial charge on any atom is -0.467 e. The summed E-state index contributed by atoms with van der Waals surface area (Å²) < 4.78 is 5.42. The van der Waals surface area contributed by atoms with E-state index in [0.717, 1.165) is 11.3 Å². The van der Waals surface area contributed by atoms with E-state index < -0.39 is 0 Å². The van der Waals surface area contributed by atoms with E-state index in [0.29, 0.717) is 0 Å². The van der Waals surface area contributed by atoms with Crippen LogP contribution < -0.4 is 0 Å². The fourth-order valence-electron chi connectivity index (χ4n) is 2.32. The van der Waals surface area contributed by atoms with E-state index >= 15 is 0 Å². The summed E-state index contributed by atoms with van der Waals surface area (Å²) in [6.07, 6.45) is 1.66. The lowest BCUT2D eigenvalue weighted by molar-refractivity contribution is 0.516. The summed E-state index contributed by atoms with van der Waals surface area (Å²) in [6.45, 7) is 2.08. The number of alkyl halides is 1. The number of aryl methyl sites for hydroxylation is 1. The molecule has 2 aromatic carbocycles. The molecule has 1 nitrogen and oxygen atoms in total. The van der Waals surface area contributed by atoms with Gasteiger partial charge in [0.15, 0.2) is 0 Å². The van der Waals surface area contributed by atoms with E-state index in [1.165, 1.54) is 16.3 Å². The molecule has 0 bridgehead atoms. The van der Waals surface area contributed by atoms with Crippen molar-refractivity contribution in [3.63, 3.8) is 0 Å². The van der Waals surface area contributed by atoms with Crippen molar-refractivity contribution >= 4 is 22.4 Å². The first kappa shape index (κ1) is 11.4. The SMILES string of the molecule is Cc1ccc2ccccc2c1C(Cl)c1ccco1. The highest BCUT2D eigenvalue weighted by Gasteiger charge is 2.18. The van der Waals surface area contributed by atoms with Gasteiger partial charge >= 0.3 is 0 Å². The lowest BCUT2D eigenvalue weighted by Gasteiger charge is -2.14. The summed E-state index contributed by atoms with van der Waals surface area (Å²) in [5.74, 6) is 0.788.